The molecule has 0 heterocycles. The average Bonchev–Trinajstić information content (AvgIpc) is 2.59. The van der Waals surface area contributed by atoms with Crippen molar-refractivity contribution < 1.29 is 14.3 Å². The van der Waals surface area contributed by atoms with Gasteiger partial charge in [0.2, 0.25) is 0 Å². The van der Waals surface area contributed by atoms with Crippen molar-refractivity contribution in [1.29, 1.82) is 0 Å². The maximum absolute atomic E-state index is 12.3. The van der Waals surface area contributed by atoms with Crippen molar-refractivity contribution in [1.82, 2.24) is 5.32 Å². The molecule has 0 spiro atoms. The second kappa shape index (κ2) is 8.95. The number of ether oxygens (including phenoxy) is 2. The Morgan fingerprint density at radius 1 is 1.04 bits per heavy atom. The number of halogens is 1. The fourth-order valence-corrected chi connectivity index (χ4v) is 2.60. The van der Waals surface area contributed by atoms with Crippen LogP contribution in [0, 0.1) is 20.8 Å². The van der Waals surface area contributed by atoms with Crippen LogP contribution in [-0.4, -0.2) is 24.7 Å². The molecular weight excluding hydrogens is 350 g/mol. The van der Waals surface area contributed by atoms with Crippen LogP contribution in [-0.2, 0) is 4.79 Å². The molecule has 1 N–H and O–H groups in total. The molecule has 2 atom stereocenters. The van der Waals surface area contributed by atoms with Crippen LogP contribution in [0.15, 0.2) is 36.4 Å². The third-order valence-corrected chi connectivity index (χ3v) is 4.60. The van der Waals surface area contributed by atoms with Gasteiger partial charge < -0.3 is 14.8 Å². The minimum atomic E-state index is -0.614. The summed E-state index contributed by atoms with van der Waals surface area (Å²) in [6, 6.07) is 11.4. The highest BCUT2D eigenvalue weighted by Crippen LogP contribution is 2.26. The number of carbonyl (C=O) groups excluding carboxylic acids is 1. The molecule has 26 heavy (non-hydrogen) atoms. The summed E-state index contributed by atoms with van der Waals surface area (Å²) >= 11 is 6.16. The smallest absolute Gasteiger partial charge is 0.261 e. The number of benzene rings is 2. The van der Waals surface area contributed by atoms with Gasteiger partial charge in [0.25, 0.3) is 5.91 Å². The lowest BCUT2D eigenvalue weighted by Gasteiger charge is -2.20. The second-order valence-electron chi connectivity index (χ2n) is 6.66. The number of aryl methyl sites for hydroxylation is 3. The first-order valence-corrected chi connectivity index (χ1v) is 9.07. The highest BCUT2D eigenvalue weighted by Gasteiger charge is 2.18. The van der Waals surface area contributed by atoms with Gasteiger partial charge in [-0.3, -0.25) is 4.79 Å². The van der Waals surface area contributed by atoms with E-state index < -0.39 is 6.10 Å². The minimum absolute atomic E-state index is 0.136. The van der Waals surface area contributed by atoms with Gasteiger partial charge in [0.1, 0.15) is 18.1 Å². The Morgan fingerprint density at radius 3 is 2.19 bits per heavy atom. The van der Waals surface area contributed by atoms with Crippen molar-refractivity contribution in [2.24, 2.45) is 0 Å². The standard InChI is InChI=1S/C21H26ClNO3/c1-13-6-8-18(9-7-13)25-12-16(4)23-21(24)17(5)26-19-10-14(2)20(22)15(3)11-19/h6-11,16-17H,12H2,1-5H3,(H,23,24)/t16-,17-/m1/s1. The molecule has 5 heteroatoms. The Hall–Kier alpha value is -2.20. The van der Waals surface area contributed by atoms with Crippen LogP contribution in [0.5, 0.6) is 11.5 Å². The fourth-order valence-electron chi connectivity index (χ4n) is 2.49. The summed E-state index contributed by atoms with van der Waals surface area (Å²) < 4.78 is 11.5. The first-order valence-electron chi connectivity index (χ1n) is 8.69. The van der Waals surface area contributed by atoms with Crippen LogP contribution in [0.3, 0.4) is 0 Å². The summed E-state index contributed by atoms with van der Waals surface area (Å²) in [4.78, 5) is 12.3. The van der Waals surface area contributed by atoms with Crippen LogP contribution in [0.25, 0.3) is 0 Å². The van der Waals surface area contributed by atoms with Crippen molar-refractivity contribution in [2.75, 3.05) is 6.61 Å². The monoisotopic (exact) mass is 375 g/mol. The Labute approximate surface area is 160 Å². The van der Waals surface area contributed by atoms with Gasteiger partial charge in [-0.15, -0.1) is 0 Å². The number of amides is 1. The molecule has 0 saturated carbocycles. The van der Waals surface area contributed by atoms with E-state index >= 15 is 0 Å². The predicted octanol–water partition coefficient (Wildman–Crippen LogP) is 4.62. The lowest BCUT2D eigenvalue weighted by atomic mass is 10.1. The van der Waals surface area contributed by atoms with Crippen LogP contribution in [0.1, 0.15) is 30.5 Å². The third-order valence-electron chi connectivity index (χ3n) is 4.00. The lowest BCUT2D eigenvalue weighted by Crippen LogP contribution is -2.43. The topological polar surface area (TPSA) is 47.6 Å². The Morgan fingerprint density at radius 2 is 1.62 bits per heavy atom. The SMILES string of the molecule is Cc1ccc(OC[C@@H](C)NC(=O)[C@@H](C)Oc2cc(C)c(Cl)c(C)c2)cc1. The van der Waals surface area contributed by atoms with E-state index in [4.69, 9.17) is 21.1 Å². The maximum Gasteiger partial charge on any atom is 0.261 e. The number of nitrogens with one attached hydrogen (secondary N) is 1. The summed E-state index contributed by atoms with van der Waals surface area (Å²) in [5.74, 6) is 1.24. The molecule has 2 rings (SSSR count). The number of rotatable bonds is 7. The van der Waals surface area contributed by atoms with Gasteiger partial charge in [-0.25, -0.2) is 0 Å². The summed E-state index contributed by atoms with van der Waals surface area (Å²) in [6.07, 6.45) is -0.614. The molecule has 0 bridgehead atoms. The van der Waals surface area contributed by atoms with Gasteiger partial charge in [0.05, 0.1) is 6.04 Å². The van der Waals surface area contributed by atoms with Crippen molar-refractivity contribution >= 4 is 17.5 Å². The molecule has 4 nitrogen and oxygen atoms in total. The number of hydrogen-bond donors (Lipinski definition) is 1. The summed E-state index contributed by atoms with van der Waals surface area (Å²) in [5, 5.41) is 3.63. The summed E-state index contributed by atoms with van der Waals surface area (Å²) in [7, 11) is 0. The van der Waals surface area contributed by atoms with Gasteiger partial charge in [-0.1, -0.05) is 29.3 Å². The zero-order chi connectivity index (χ0) is 19.3. The molecule has 0 saturated heterocycles. The highest BCUT2D eigenvalue weighted by atomic mass is 35.5. The fraction of sp³-hybridized carbons (Fsp3) is 0.381. The quantitative estimate of drug-likeness (QED) is 0.768. The molecule has 0 aromatic heterocycles. The van der Waals surface area contributed by atoms with Gasteiger partial charge in [0.15, 0.2) is 6.10 Å². The van der Waals surface area contributed by atoms with Crippen molar-refractivity contribution in [3.63, 3.8) is 0 Å². The Balaban J connectivity index is 1.85. The van der Waals surface area contributed by atoms with Crippen molar-refractivity contribution in [3.8, 4) is 11.5 Å². The van der Waals surface area contributed by atoms with Crippen molar-refractivity contribution in [2.45, 2.75) is 46.8 Å². The average molecular weight is 376 g/mol. The van der Waals surface area contributed by atoms with Crippen LogP contribution < -0.4 is 14.8 Å². The molecular formula is C21H26ClNO3. The van der Waals surface area contributed by atoms with Crippen molar-refractivity contribution in [3.05, 3.63) is 58.1 Å². The van der Waals surface area contributed by atoms with E-state index in [0.717, 1.165) is 21.9 Å². The van der Waals surface area contributed by atoms with E-state index in [1.165, 1.54) is 5.56 Å². The largest absolute Gasteiger partial charge is 0.491 e. The minimum Gasteiger partial charge on any atom is -0.491 e. The van der Waals surface area contributed by atoms with Gasteiger partial charge in [-0.05, 0) is 70.0 Å². The first kappa shape index (κ1) is 20.1. The molecule has 2 aromatic carbocycles. The van der Waals surface area contributed by atoms with Crippen LogP contribution in [0.4, 0.5) is 0 Å². The Kier molecular flexibility index (Phi) is 6.92. The zero-order valence-electron chi connectivity index (χ0n) is 15.9. The maximum atomic E-state index is 12.3. The van der Waals surface area contributed by atoms with Gasteiger partial charge in [0, 0.05) is 5.02 Å². The van der Waals surface area contributed by atoms with E-state index in [1.807, 2.05) is 64.1 Å². The van der Waals surface area contributed by atoms with E-state index in [-0.39, 0.29) is 11.9 Å². The molecule has 0 unspecified atom stereocenters. The van der Waals surface area contributed by atoms with E-state index in [1.54, 1.807) is 6.92 Å². The van der Waals surface area contributed by atoms with Gasteiger partial charge >= 0.3 is 0 Å². The summed E-state index contributed by atoms with van der Waals surface area (Å²) in [5.41, 5.74) is 3.03. The third kappa shape index (κ3) is 5.67. The molecule has 0 aliphatic heterocycles. The van der Waals surface area contributed by atoms with Crippen LogP contribution in [0.2, 0.25) is 5.02 Å². The lowest BCUT2D eigenvalue weighted by molar-refractivity contribution is -0.128. The van der Waals surface area contributed by atoms with E-state index in [0.29, 0.717) is 12.4 Å². The first-order chi connectivity index (χ1) is 12.3. The highest BCUT2D eigenvalue weighted by molar-refractivity contribution is 6.32. The molecule has 0 fully saturated rings. The normalized spacial score (nSPS) is 13.0. The molecule has 2 aromatic rings. The molecule has 0 aliphatic carbocycles. The molecule has 1 amide bonds. The van der Waals surface area contributed by atoms with Gasteiger partial charge in [-0.2, -0.15) is 0 Å². The predicted molar refractivity (Wildman–Crippen MR) is 105 cm³/mol. The number of hydrogen-bond acceptors (Lipinski definition) is 3. The molecule has 140 valence electrons. The van der Waals surface area contributed by atoms with E-state index in [9.17, 15) is 4.79 Å². The number of carbonyl (C=O) groups is 1. The second-order valence-corrected chi connectivity index (χ2v) is 7.04. The zero-order valence-corrected chi connectivity index (χ0v) is 16.7. The van der Waals surface area contributed by atoms with Crippen LogP contribution >= 0.6 is 11.6 Å². The Bertz CT molecular complexity index is 735. The molecule has 0 aliphatic rings. The summed E-state index contributed by atoms with van der Waals surface area (Å²) in [6.45, 7) is 9.87. The van der Waals surface area contributed by atoms with E-state index in [2.05, 4.69) is 5.32 Å². The molecule has 0 radical (unpaired) electrons.